The molecular formula is C30H28ClN3OS2. The van der Waals surface area contributed by atoms with E-state index in [9.17, 15) is 4.79 Å². The lowest BCUT2D eigenvalue weighted by Gasteiger charge is -2.25. The summed E-state index contributed by atoms with van der Waals surface area (Å²) in [4.78, 5) is 22.8. The van der Waals surface area contributed by atoms with Crippen LogP contribution in [0.2, 0.25) is 0 Å². The topological polar surface area (TPSA) is 45.2 Å². The number of thiazole rings is 1. The van der Waals surface area contributed by atoms with Gasteiger partial charge in [0.15, 0.2) is 0 Å². The summed E-state index contributed by atoms with van der Waals surface area (Å²) in [5.41, 5.74) is 5.44. The second-order valence-corrected chi connectivity index (χ2v) is 11.2. The van der Waals surface area contributed by atoms with Crippen LogP contribution in [0.4, 0.5) is 5.00 Å². The molecule has 0 unspecified atom stereocenters. The zero-order valence-corrected chi connectivity index (χ0v) is 23.0. The van der Waals surface area contributed by atoms with Gasteiger partial charge in [-0.1, -0.05) is 79.7 Å². The second-order valence-electron chi connectivity index (χ2n) is 9.06. The van der Waals surface area contributed by atoms with E-state index in [4.69, 9.17) is 4.98 Å². The Morgan fingerprint density at radius 3 is 2.24 bits per heavy atom. The van der Waals surface area contributed by atoms with E-state index in [1.54, 1.807) is 22.7 Å². The van der Waals surface area contributed by atoms with Crippen LogP contribution in [0, 0.1) is 0 Å². The largest absolute Gasteiger partial charge is 0.316 e. The maximum atomic E-state index is 14.0. The Bertz CT molecular complexity index is 1440. The highest BCUT2D eigenvalue weighted by Gasteiger charge is 2.29. The molecule has 0 radical (unpaired) electrons. The van der Waals surface area contributed by atoms with Crippen molar-refractivity contribution in [1.29, 1.82) is 0 Å². The normalized spacial score (nSPS) is 13.4. The van der Waals surface area contributed by atoms with Gasteiger partial charge in [-0.15, -0.1) is 35.1 Å². The third kappa shape index (κ3) is 5.07. The number of benzene rings is 3. The minimum atomic E-state index is -0.387. The first-order chi connectivity index (χ1) is 17.7. The van der Waals surface area contributed by atoms with Crippen molar-refractivity contribution < 1.29 is 4.79 Å². The first-order valence-electron chi connectivity index (χ1n) is 12.3. The number of fused-ring (bicyclic) bond motifs is 2. The van der Waals surface area contributed by atoms with E-state index < -0.39 is 0 Å². The molecule has 0 saturated carbocycles. The van der Waals surface area contributed by atoms with Crippen molar-refractivity contribution in [3.8, 4) is 10.6 Å². The van der Waals surface area contributed by atoms with Crippen molar-refractivity contribution in [3.05, 3.63) is 106 Å². The zero-order valence-electron chi connectivity index (χ0n) is 20.5. The highest BCUT2D eigenvalue weighted by molar-refractivity contribution is 7.22. The van der Waals surface area contributed by atoms with Gasteiger partial charge in [0.2, 0.25) is 5.91 Å². The van der Waals surface area contributed by atoms with Crippen molar-refractivity contribution in [1.82, 2.24) is 9.88 Å². The maximum Gasteiger partial charge on any atom is 0.237 e. The Balaban J connectivity index is 0.00000280. The van der Waals surface area contributed by atoms with Crippen molar-refractivity contribution in [3.63, 3.8) is 0 Å². The van der Waals surface area contributed by atoms with Crippen LogP contribution in [0.15, 0.2) is 84.9 Å². The number of aromatic nitrogens is 1. The van der Waals surface area contributed by atoms with Gasteiger partial charge < -0.3 is 5.32 Å². The molecule has 1 aliphatic heterocycles. The molecule has 37 heavy (non-hydrogen) atoms. The summed E-state index contributed by atoms with van der Waals surface area (Å²) < 4.78 is 1.17. The molecule has 0 bridgehead atoms. The van der Waals surface area contributed by atoms with Gasteiger partial charge in [-0.2, -0.15) is 0 Å². The van der Waals surface area contributed by atoms with Gasteiger partial charge in [0.1, 0.15) is 10.0 Å². The van der Waals surface area contributed by atoms with Crippen LogP contribution in [0.25, 0.3) is 20.8 Å². The Hall–Kier alpha value is -3.03. The lowest BCUT2D eigenvalue weighted by atomic mass is 9.90. The Morgan fingerprint density at radius 1 is 0.946 bits per heavy atom. The molecule has 5 aromatic rings. The van der Waals surface area contributed by atoms with Gasteiger partial charge in [-0.05, 0) is 41.8 Å². The second kappa shape index (κ2) is 11.2. The number of carbonyl (C=O) groups is 1. The number of carbonyl (C=O) groups excluding carboxylic acids is 1. The standard InChI is InChI=1S/C30H27N3OS2.ClH/c1-2-33-18-17-22-25(19-33)36-30(27(22)29-31-23-15-9-10-16-24(23)35-29)32-28(34)26(20-11-5-3-6-12-20)21-13-7-4-8-14-21;/h3-16,26H,2,17-19H2,1H3,(H,32,34);1H. The fourth-order valence-corrected chi connectivity index (χ4v) is 7.39. The van der Waals surface area contributed by atoms with Crippen molar-refractivity contribution in [2.75, 3.05) is 18.4 Å². The molecule has 0 aliphatic carbocycles. The lowest BCUT2D eigenvalue weighted by molar-refractivity contribution is -0.116. The number of hydrogen-bond acceptors (Lipinski definition) is 5. The molecule has 1 amide bonds. The van der Waals surface area contributed by atoms with E-state index >= 15 is 0 Å². The summed E-state index contributed by atoms with van der Waals surface area (Å²) in [5.74, 6) is -0.400. The monoisotopic (exact) mass is 545 g/mol. The predicted molar refractivity (Wildman–Crippen MR) is 158 cm³/mol. The number of amides is 1. The third-order valence-electron chi connectivity index (χ3n) is 6.86. The van der Waals surface area contributed by atoms with E-state index in [0.717, 1.165) is 58.3 Å². The van der Waals surface area contributed by atoms with Crippen LogP contribution >= 0.6 is 35.1 Å². The van der Waals surface area contributed by atoms with Gasteiger partial charge in [-0.3, -0.25) is 9.69 Å². The number of halogens is 1. The fourth-order valence-electron chi connectivity index (χ4n) is 4.99. The number of anilines is 1. The molecule has 0 spiro atoms. The van der Waals surface area contributed by atoms with Gasteiger partial charge in [0.25, 0.3) is 0 Å². The van der Waals surface area contributed by atoms with Crippen molar-refractivity contribution in [2.24, 2.45) is 0 Å². The number of likely N-dealkylation sites (N-methyl/N-ethyl adjacent to an activating group) is 1. The predicted octanol–water partition coefficient (Wildman–Crippen LogP) is 7.60. The summed E-state index contributed by atoms with van der Waals surface area (Å²) in [6, 6.07) is 28.3. The smallest absolute Gasteiger partial charge is 0.237 e. The molecular weight excluding hydrogens is 518 g/mol. The number of nitrogens with one attached hydrogen (secondary N) is 1. The van der Waals surface area contributed by atoms with E-state index in [1.165, 1.54) is 15.1 Å². The quantitative estimate of drug-likeness (QED) is 0.239. The summed E-state index contributed by atoms with van der Waals surface area (Å²) in [5, 5.41) is 5.27. The molecule has 3 heterocycles. The summed E-state index contributed by atoms with van der Waals surface area (Å²) in [7, 11) is 0. The molecule has 0 fully saturated rings. The average molecular weight is 546 g/mol. The molecule has 0 saturated heterocycles. The molecule has 0 atom stereocenters. The minimum Gasteiger partial charge on any atom is -0.316 e. The number of hydrogen-bond donors (Lipinski definition) is 1. The molecule has 188 valence electrons. The third-order valence-corrected chi connectivity index (χ3v) is 9.04. The molecule has 7 heteroatoms. The van der Waals surface area contributed by atoms with E-state index in [1.807, 2.05) is 66.7 Å². The highest BCUT2D eigenvalue weighted by atomic mass is 35.5. The van der Waals surface area contributed by atoms with Gasteiger partial charge in [0.05, 0.1) is 16.1 Å². The first kappa shape index (κ1) is 25.6. The highest BCUT2D eigenvalue weighted by Crippen LogP contribution is 2.46. The summed E-state index contributed by atoms with van der Waals surface area (Å²) in [6.07, 6.45) is 0.974. The average Bonchev–Trinajstić information content (AvgIpc) is 3.50. The van der Waals surface area contributed by atoms with Crippen LogP contribution in [-0.2, 0) is 17.8 Å². The summed E-state index contributed by atoms with van der Waals surface area (Å²) >= 11 is 3.42. The number of nitrogens with zero attached hydrogens (tertiary/aromatic N) is 2. The molecule has 2 aromatic heterocycles. The summed E-state index contributed by atoms with van der Waals surface area (Å²) in [6.45, 7) is 5.19. The van der Waals surface area contributed by atoms with Gasteiger partial charge in [0, 0.05) is 23.5 Å². The fraction of sp³-hybridized carbons (Fsp3) is 0.200. The molecule has 3 aromatic carbocycles. The lowest BCUT2D eigenvalue weighted by Crippen LogP contribution is -2.29. The van der Waals surface area contributed by atoms with E-state index in [-0.39, 0.29) is 24.2 Å². The van der Waals surface area contributed by atoms with Gasteiger partial charge in [-0.25, -0.2) is 4.98 Å². The molecule has 1 aliphatic rings. The van der Waals surface area contributed by atoms with Crippen LogP contribution in [0.5, 0.6) is 0 Å². The minimum absolute atomic E-state index is 0. The van der Waals surface area contributed by atoms with Crippen LogP contribution in [0.1, 0.15) is 34.4 Å². The maximum absolute atomic E-state index is 14.0. The van der Waals surface area contributed by atoms with Crippen LogP contribution in [0.3, 0.4) is 0 Å². The Kier molecular flexibility index (Phi) is 7.72. The molecule has 4 nitrogen and oxygen atoms in total. The molecule has 6 rings (SSSR count). The van der Waals surface area contributed by atoms with Crippen molar-refractivity contribution >= 4 is 56.2 Å². The van der Waals surface area contributed by atoms with Crippen LogP contribution < -0.4 is 5.32 Å². The number of para-hydroxylation sites is 1. The van der Waals surface area contributed by atoms with Gasteiger partial charge >= 0.3 is 0 Å². The van der Waals surface area contributed by atoms with E-state index in [0.29, 0.717) is 0 Å². The SMILES string of the molecule is CCN1CCc2c(sc(NC(=O)C(c3ccccc3)c3ccccc3)c2-c2nc3ccccc3s2)C1.Cl. The van der Waals surface area contributed by atoms with Crippen LogP contribution in [-0.4, -0.2) is 28.9 Å². The Morgan fingerprint density at radius 2 is 1.59 bits per heavy atom. The zero-order chi connectivity index (χ0) is 24.5. The Labute approximate surface area is 231 Å². The number of thiophene rings is 1. The number of rotatable bonds is 6. The first-order valence-corrected chi connectivity index (χ1v) is 14.0. The van der Waals surface area contributed by atoms with E-state index in [2.05, 4.69) is 35.3 Å². The molecule has 1 N–H and O–H groups in total. The van der Waals surface area contributed by atoms with Crippen molar-refractivity contribution in [2.45, 2.75) is 25.8 Å².